The van der Waals surface area contributed by atoms with Crippen molar-refractivity contribution in [1.82, 2.24) is 0 Å². The second-order valence-electron chi connectivity index (χ2n) is 5.79. The molecule has 0 radical (unpaired) electrons. The molecule has 0 amide bonds. The molecule has 1 atom stereocenters. The molecule has 0 aromatic heterocycles. The number of hydrogen-bond donors (Lipinski definition) is 1. The van der Waals surface area contributed by atoms with Gasteiger partial charge in [-0.15, -0.1) is 0 Å². The molecule has 0 aliphatic carbocycles. The molecule has 1 rings (SSSR count). The molecule has 1 aromatic carbocycles. The highest BCUT2D eigenvalue weighted by atomic mass is 35.5. The second-order valence-corrected chi connectivity index (χ2v) is 6.23. The first-order chi connectivity index (χ1) is 11.5. The zero-order valence-corrected chi connectivity index (χ0v) is 15.4. The Kier molecular flexibility index (Phi) is 10.0. The summed E-state index contributed by atoms with van der Waals surface area (Å²) in [6.45, 7) is 8.85. The molecule has 0 heterocycles. The zero-order valence-electron chi connectivity index (χ0n) is 14.6. The molecule has 0 bridgehead atoms. The Bertz CT molecular complexity index is 502. The van der Waals surface area contributed by atoms with E-state index in [9.17, 15) is 4.79 Å². The van der Waals surface area contributed by atoms with E-state index in [2.05, 4.69) is 11.9 Å². The molecule has 0 spiro atoms. The van der Waals surface area contributed by atoms with E-state index in [0.29, 0.717) is 24.1 Å². The normalized spacial score (nSPS) is 11.6. The number of carbonyl (C=O) groups excluding carboxylic acids is 1. The Morgan fingerprint density at radius 3 is 2.29 bits per heavy atom. The highest BCUT2D eigenvalue weighted by Crippen LogP contribution is 2.15. The van der Waals surface area contributed by atoms with E-state index >= 15 is 0 Å². The van der Waals surface area contributed by atoms with Crippen molar-refractivity contribution in [2.45, 2.75) is 46.0 Å². The van der Waals surface area contributed by atoms with Crippen LogP contribution in [-0.4, -0.2) is 19.2 Å². The van der Waals surface area contributed by atoms with Gasteiger partial charge in [-0.2, -0.15) is 0 Å². The molecule has 0 saturated heterocycles. The van der Waals surface area contributed by atoms with Gasteiger partial charge in [-0.05, 0) is 62.9 Å². The lowest BCUT2D eigenvalue weighted by molar-refractivity contribution is -0.148. The van der Waals surface area contributed by atoms with Gasteiger partial charge in [0.05, 0.1) is 19.1 Å². The lowest BCUT2D eigenvalue weighted by Gasteiger charge is -2.11. The number of benzene rings is 1. The summed E-state index contributed by atoms with van der Waals surface area (Å²) < 4.78 is 10.8. The number of ether oxygens (including phenoxy) is 2. The maximum Gasteiger partial charge on any atom is 0.308 e. The summed E-state index contributed by atoms with van der Waals surface area (Å²) in [5, 5.41) is 3.77. The number of rotatable bonds is 12. The number of halogens is 1. The molecule has 1 aromatic rings. The van der Waals surface area contributed by atoms with E-state index in [1.54, 1.807) is 0 Å². The van der Waals surface area contributed by atoms with Crippen LogP contribution in [-0.2, 0) is 14.3 Å². The van der Waals surface area contributed by atoms with Gasteiger partial charge in [0.2, 0.25) is 0 Å². The first-order valence-corrected chi connectivity index (χ1v) is 8.91. The molecule has 5 heteroatoms. The first-order valence-electron chi connectivity index (χ1n) is 8.54. The number of nitrogens with one attached hydrogen (secondary N) is 1. The summed E-state index contributed by atoms with van der Waals surface area (Å²) in [4.78, 5) is 11.5. The van der Waals surface area contributed by atoms with Crippen LogP contribution >= 0.6 is 11.6 Å². The number of unbranched alkanes of at least 4 members (excludes halogenated alkanes) is 3. The van der Waals surface area contributed by atoms with Gasteiger partial charge in [-0.1, -0.05) is 25.4 Å². The van der Waals surface area contributed by atoms with Gasteiger partial charge in [0.15, 0.2) is 5.88 Å². The quantitative estimate of drug-likeness (QED) is 0.311. The molecule has 0 saturated carbocycles. The van der Waals surface area contributed by atoms with E-state index in [1.807, 2.05) is 38.1 Å². The predicted octanol–water partition coefficient (Wildman–Crippen LogP) is 5.39. The Labute approximate surface area is 150 Å². The minimum atomic E-state index is -0.0922. The molecular weight excluding hydrogens is 326 g/mol. The van der Waals surface area contributed by atoms with Crippen LogP contribution in [0.15, 0.2) is 36.7 Å². The number of carbonyl (C=O) groups is 1. The molecule has 134 valence electrons. The number of anilines is 1. The first kappa shape index (κ1) is 20.4. The fraction of sp³-hybridized carbons (Fsp3) is 0.526. The highest BCUT2D eigenvalue weighted by Gasteiger charge is 2.10. The van der Waals surface area contributed by atoms with Crippen LogP contribution in [0.3, 0.4) is 0 Å². The Hall–Kier alpha value is -1.68. The van der Waals surface area contributed by atoms with Gasteiger partial charge in [-0.3, -0.25) is 4.79 Å². The fourth-order valence-electron chi connectivity index (χ4n) is 1.97. The molecule has 24 heavy (non-hydrogen) atoms. The summed E-state index contributed by atoms with van der Waals surface area (Å²) in [5.74, 6) is 0.433. The van der Waals surface area contributed by atoms with Crippen molar-refractivity contribution in [3.05, 3.63) is 41.8 Å². The van der Waals surface area contributed by atoms with Gasteiger partial charge >= 0.3 is 5.97 Å². The van der Waals surface area contributed by atoms with Gasteiger partial charge in [-0.25, -0.2) is 0 Å². The summed E-state index contributed by atoms with van der Waals surface area (Å²) in [7, 11) is 0. The zero-order chi connectivity index (χ0) is 17.8. The molecule has 0 fully saturated rings. The van der Waals surface area contributed by atoms with Crippen molar-refractivity contribution >= 4 is 23.3 Å². The summed E-state index contributed by atoms with van der Waals surface area (Å²) in [6, 6.07) is 7.37. The predicted molar refractivity (Wildman–Crippen MR) is 99.0 cm³/mol. The minimum Gasteiger partial charge on any atom is -0.479 e. The third-order valence-corrected chi connectivity index (χ3v) is 3.95. The SMILES string of the molecule is C=C(Nc1ccc(Cl)cc1)OCCCCCCOC(=O)C(C)CC. The number of hydrogen-bond acceptors (Lipinski definition) is 4. The van der Waals surface area contributed by atoms with Crippen LogP contribution in [0.4, 0.5) is 5.69 Å². The van der Waals surface area contributed by atoms with Gasteiger partial charge in [0.25, 0.3) is 0 Å². The van der Waals surface area contributed by atoms with E-state index in [-0.39, 0.29) is 11.9 Å². The van der Waals surface area contributed by atoms with Gasteiger partial charge in [0.1, 0.15) is 0 Å². The van der Waals surface area contributed by atoms with Gasteiger partial charge in [0, 0.05) is 10.7 Å². The third-order valence-electron chi connectivity index (χ3n) is 3.70. The van der Waals surface area contributed by atoms with Crippen molar-refractivity contribution in [1.29, 1.82) is 0 Å². The Morgan fingerprint density at radius 2 is 1.71 bits per heavy atom. The van der Waals surface area contributed by atoms with Crippen LogP contribution in [0.2, 0.25) is 5.02 Å². The molecule has 0 aliphatic heterocycles. The monoisotopic (exact) mass is 353 g/mol. The van der Waals surface area contributed by atoms with Crippen LogP contribution < -0.4 is 5.32 Å². The highest BCUT2D eigenvalue weighted by molar-refractivity contribution is 6.30. The molecule has 1 N–H and O–H groups in total. The maximum atomic E-state index is 11.5. The van der Waals surface area contributed by atoms with Gasteiger partial charge < -0.3 is 14.8 Å². The van der Waals surface area contributed by atoms with Crippen molar-refractivity contribution in [2.24, 2.45) is 5.92 Å². The van der Waals surface area contributed by atoms with E-state index < -0.39 is 0 Å². The lowest BCUT2D eigenvalue weighted by atomic mass is 10.1. The molecule has 0 aliphatic rings. The van der Waals surface area contributed by atoms with Crippen LogP contribution in [0.25, 0.3) is 0 Å². The maximum absolute atomic E-state index is 11.5. The average Bonchev–Trinajstić information content (AvgIpc) is 2.58. The largest absolute Gasteiger partial charge is 0.479 e. The Morgan fingerprint density at radius 1 is 1.12 bits per heavy atom. The fourth-order valence-corrected chi connectivity index (χ4v) is 2.09. The third kappa shape index (κ3) is 8.82. The molecule has 4 nitrogen and oxygen atoms in total. The van der Waals surface area contributed by atoms with Crippen molar-refractivity contribution in [3.8, 4) is 0 Å². The van der Waals surface area contributed by atoms with Crippen molar-refractivity contribution < 1.29 is 14.3 Å². The van der Waals surface area contributed by atoms with Crippen LogP contribution in [0, 0.1) is 5.92 Å². The van der Waals surface area contributed by atoms with E-state index in [1.165, 1.54) is 0 Å². The van der Waals surface area contributed by atoms with Crippen LogP contribution in [0.5, 0.6) is 0 Å². The smallest absolute Gasteiger partial charge is 0.308 e. The lowest BCUT2D eigenvalue weighted by Crippen LogP contribution is -2.14. The second kappa shape index (κ2) is 11.8. The van der Waals surface area contributed by atoms with Crippen LogP contribution in [0.1, 0.15) is 46.0 Å². The van der Waals surface area contributed by atoms with Crippen molar-refractivity contribution in [3.63, 3.8) is 0 Å². The summed E-state index contributed by atoms with van der Waals surface area (Å²) >= 11 is 5.83. The number of esters is 1. The molecule has 1 unspecified atom stereocenters. The summed E-state index contributed by atoms with van der Waals surface area (Å²) in [6.07, 6.45) is 4.72. The Balaban J connectivity index is 1.99. The molecular formula is C19H28ClNO3. The van der Waals surface area contributed by atoms with E-state index in [4.69, 9.17) is 21.1 Å². The van der Waals surface area contributed by atoms with E-state index in [0.717, 1.165) is 37.8 Å². The van der Waals surface area contributed by atoms with Crippen molar-refractivity contribution in [2.75, 3.05) is 18.5 Å². The topological polar surface area (TPSA) is 47.6 Å². The average molecular weight is 354 g/mol. The minimum absolute atomic E-state index is 0.00227. The summed E-state index contributed by atoms with van der Waals surface area (Å²) in [5.41, 5.74) is 0.896. The standard InChI is InChI=1S/C19H28ClNO3/c1-4-15(2)19(22)24-14-8-6-5-7-13-23-16(3)21-18-11-9-17(20)10-12-18/h9-12,15,21H,3-8,13-14H2,1-2H3.